The second-order valence-corrected chi connectivity index (χ2v) is 3.74. The van der Waals surface area contributed by atoms with Gasteiger partial charge in [-0.2, -0.15) is 18.3 Å². The number of hydrogen-bond acceptors (Lipinski definition) is 3. The maximum Gasteiger partial charge on any atom is 0.411 e. The third-order valence-corrected chi connectivity index (χ3v) is 2.31. The number of alkyl halides is 3. The zero-order chi connectivity index (χ0) is 13.9. The number of carboxylic acids is 1. The molecule has 1 heterocycles. The molecule has 0 spiro atoms. The van der Waals surface area contributed by atoms with Gasteiger partial charge in [-0.15, -0.1) is 0 Å². The molecule has 1 N–H and O–H groups in total. The van der Waals surface area contributed by atoms with E-state index in [0.29, 0.717) is 11.4 Å². The lowest BCUT2D eigenvalue weighted by molar-refractivity contribution is -0.174. The number of rotatable bonds is 5. The quantitative estimate of drug-likeness (QED) is 0.825. The van der Waals surface area contributed by atoms with Crippen molar-refractivity contribution in [1.29, 1.82) is 0 Å². The number of aromatic nitrogens is 2. The van der Waals surface area contributed by atoms with Gasteiger partial charge in [0.15, 0.2) is 0 Å². The Morgan fingerprint density at radius 1 is 1.44 bits per heavy atom. The van der Waals surface area contributed by atoms with Gasteiger partial charge in [0.2, 0.25) is 0 Å². The van der Waals surface area contributed by atoms with E-state index in [1.54, 1.807) is 6.92 Å². The second kappa shape index (κ2) is 5.38. The minimum atomic E-state index is -4.36. The Morgan fingerprint density at radius 3 is 2.50 bits per heavy atom. The normalized spacial score (nSPS) is 11.8. The average Bonchev–Trinajstić information content (AvgIpc) is 2.47. The summed E-state index contributed by atoms with van der Waals surface area (Å²) in [6.45, 7) is 1.66. The first kappa shape index (κ1) is 14.5. The average molecular weight is 266 g/mol. The van der Waals surface area contributed by atoms with Crippen molar-refractivity contribution in [3.05, 3.63) is 17.0 Å². The van der Waals surface area contributed by atoms with Crippen LogP contribution in [0.5, 0.6) is 0 Å². The van der Waals surface area contributed by atoms with Crippen LogP contribution >= 0.6 is 0 Å². The van der Waals surface area contributed by atoms with Crippen molar-refractivity contribution >= 4 is 5.97 Å². The van der Waals surface area contributed by atoms with E-state index in [9.17, 15) is 18.0 Å². The Kier molecular flexibility index (Phi) is 4.33. The van der Waals surface area contributed by atoms with Crippen LogP contribution in [0.15, 0.2) is 0 Å². The Hall–Kier alpha value is -1.57. The smallest absolute Gasteiger partial charge is 0.411 e. The predicted octanol–water partition coefficient (Wildman–Crippen LogP) is 1.78. The standard InChI is InChI=1S/C10H13F3N2O3/c1-6-8(9(16)17)7(2)15(14-6)3-4-18-5-10(11,12)13/h3-5H2,1-2H3,(H,16,17). The molecule has 8 heteroatoms. The summed E-state index contributed by atoms with van der Waals surface area (Å²) in [6.07, 6.45) is -4.36. The molecule has 0 radical (unpaired) electrons. The molecule has 0 aliphatic rings. The zero-order valence-corrected chi connectivity index (χ0v) is 9.91. The van der Waals surface area contributed by atoms with E-state index >= 15 is 0 Å². The van der Waals surface area contributed by atoms with E-state index in [-0.39, 0.29) is 18.7 Å². The third kappa shape index (κ3) is 3.73. The highest BCUT2D eigenvalue weighted by molar-refractivity contribution is 5.90. The van der Waals surface area contributed by atoms with Gasteiger partial charge in [-0.3, -0.25) is 4.68 Å². The van der Waals surface area contributed by atoms with Crippen molar-refractivity contribution in [3.63, 3.8) is 0 Å². The molecule has 0 aliphatic carbocycles. The monoisotopic (exact) mass is 266 g/mol. The minimum Gasteiger partial charge on any atom is -0.478 e. The van der Waals surface area contributed by atoms with Crippen molar-refractivity contribution in [2.24, 2.45) is 0 Å². The number of carbonyl (C=O) groups is 1. The molecule has 0 aromatic carbocycles. The van der Waals surface area contributed by atoms with E-state index in [1.807, 2.05) is 0 Å². The summed E-state index contributed by atoms with van der Waals surface area (Å²) >= 11 is 0. The molecule has 1 aromatic rings. The number of aromatic carboxylic acids is 1. The highest BCUT2D eigenvalue weighted by Crippen LogP contribution is 2.15. The van der Waals surface area contributed by atoms with Gasteiger partial charge in [0.1, 0.15) is 12.2 Å². The lowest BCUT2D eigenvalue weighted by Crippen LogP contribution is -2.19. The molecule has 18 heavy (non-hydrogen) atoms. The molecule has 1 rings (SSSR count). The lowest BCUT2D eigenvalue weighted by Gasteiger charge is -2.08. The molecular weight excluding hydrogens is 253 g/mol. The summed E-state index contributed by atoms with van der Waals surface area (Å²) in [5.41, 5.74) is 0.803. The van der Waals surface area contributed by atoms with Crippen molar-refractivity contribution in [2.75, 3.05) is 13.2 Å². The van der Waals surface area contributed by atoms with Crippen LogP contribution in [0.1, 0.15) is 21.7 Å². The van der Waals surface area contributed by atoms with Crippen LogP contribution in [0.2, 0.25) is 0 Å². The number of carboxylic acid groups (broad SMARTS) is 1. The van der Waals surface area contributed by atoms with Crippen molar-refractivity contribution in [2.45, 2.75) is 26.6 Å². The highest BCUT2D eigenvalue weighted by Gasteiger charge is 2.27. The molecule has 102 valence electrons. The Balaban J connectivity index is 2.59. The minimum absolute atomic E-state index is 0.0748. The Labute approximate surface area is 101 Å². The number of aryl methyl sites for hydroxylation is 1. The van der Waals surface area contributed by atoms with Crippen LogP contribution in [0.3, 0.4) is 0 Å². The van der Waals surface area contributed by atoms with Crippen LogP contribution in [-0.2, 0) is 11.3 Å². The summed E-state index contributed by atoms with van der Waals surface area (Å²) < 4.78 is 41.2. The predicted molar refractivity (Wildman–Crippen MR) is 55.5 cm³/mol. The fraction of sp³-hybridized carbons (Fsp3) is 0.600. The molecule has 0 unspecified atom stereocenters. The number of ether oxygens (including phenoxy) is 1. The first-order valence-electron chi connectivity index (χ1n) is 5.14. The molecule has 0 saturated heterocycles. The number of halogens is 3. The van der Waals surface area contributed by atoms with Crippen LogP contribution in [0, 0.1) is 13.8 Å². The zero-order valence-electron chi connectivity index (χ0n) is 9.91. The van der Waals surface area contributed by atoms with Gasteiger partial charge in [-0.1, -0.05) is 0 Å². The molecule has 0 saturated carbocycles. The van der Waals surface area contributed by atoms with E-state index in [1.165, 1.54) is 11.6 Å². The largest absolute Gasteiger partial charge is 0.478 e. The molecule has 0 amide bonds. The van der Waals surface area contributed by atoms with Crippen LogP contribution in [0.4, 0.5) is 13.2 Å². The van der Waals surface area contributed by atoms with Gasteiger partial charge in [-0.05, 0) is 13.8 Å². The van der Waals surface area contributed by atoms with Gasteiger partial charge < -0.3 is 9.84 Å². The fourth-order valence-corrected chi connectivity index (χ4v) is 1.56. The SMILES string of the molecule is Cc1nn(CCOCC(F)(F)F)c(C)c1C(=O)O. The summed E-state index contributed by atoms with van der Waals surface area (Å²) in [7, 11) is 0. The molecular formula is C10H13F3N2O3. The lowest BCUT2D eigenvalue weighted by atomic mass is 10.2. The molecule has 0 bridgehead atoms. The van der Waals surface area contributed by atoms with Gasteiger partial charge in [-0.25, -0.2) is 4.79 Å². The molecule has 1 aromatic heterocycles. The van der Waals surface area contributed by atoms with Gasteiger partial charge in [0.25, 0.3) is 0 Å². The first-order valence-corrected chi connectivity index (χ1v) is 5.14. The summed E-state index contributed by atoms with van der Waals surface area (Å²) in [4.78, 5) is 10.9. The Bertz CT molecular complexity index is 440. The number of nitrogens with zero attached hydrogens (tertiary/aromatic N) is 2. The molecule has 0 aliphatic heterocycles. The van der Waals surface area contributed by atoms with Crippen LogP contribution < -0.4 is 0 Å². The first-order chi connectivity index (χ1) is 8.22. The summed E-state index contributed by atoms with van der Waals surface area (Å²) in [5.74, 6) is -1.10. The summed E-state index contributed by atoms with van der Waals surface area (Å²) in [6, 6.07) is 0. The van der Waals surface area contributed by atoms with Gasteiger partial charge in [0, 0.05) is 0 Å². The van der Waals surface area contributed by atoms with Crippen molar-refractivity contribution < 1.29 is 27.8 Å². The van der Waals surface area contributed by atoms with E-state index in [0.717, 1.165) is 0 Å². The maximum absolute atomic E-state index is 11.8. The van der Waals surface area contributed by atoms with E-state index in [2.05, 4.69) is 9.84 Å². The molecule has 0 atom stereocenters. The molecule has 5 nitrogen and oxygen atoms in total. The van der Waals surface area contributed by atoms with Crippen LogP contribution in [0.25, 0.3) is 0 Å². The fourth-order valence-electron chi connectivity index (χ4n) is 1.56. The molecule has 0 fully saturated rings. The van der Waals surface area contributed by atoms with Crippen molar-refractivity contribution in [3.8, 4) is 0 Å². The van der Waals surface area contributed by atoms with Crippen molar-refractivity contribution in [1.82, 2.24) is 9.78 Å². The maximum atomic E-state index is 11.8. The number of hydrogen-bond donors (Lipinski definition) is 1. The summed E-state index contributed by atoms with van der Waals surface area (Å²) in [5, 5.41) is 12.8. The van der Waals surface area contributed by atoms with Crippen LogP contribution in [-0.4, -0.2) is 40.2 Å². The Morgan fingerprint density at radius 2 is 2.06 bits per heavy atom. The van der Waals surface area contributed by atoms with Gasteiger partial charge in [0.05, 0.1) is 24.5 Å². The van der Waals surface area contributed by atoms with Gasteiger partial charge >= 0.3 is 12.1 Å². The third-order valence-electron chi connectivity index (χ3n) is 2.31. The highest BCUT2D eigenvalue weighted by atomic mass is 19.4. The van der Waals surface area contributed by atoms with E-state index in [4.69, 9.17) is 5.11 Å². The van der Waals surface area contributed by atoms with E-state index < -0.39 is 18.8 Å². The topological polar surface area (TPSA) is 64.4 Å². The second-order valence-electron chi connectivity index (χ2n) is 3.74.